The first-order valence-electron chi connectivity index (χ1n) is 12.2. The summed E-state index contributed by atoms with van der Waals surface area (Å²) in [6.07, 6.45) is 9.43. The van der Waals surface area contributed by atoms with Crippen molar-refractivity contribution in [2.24, 2.45) is 17.8 Å². The molecule has 168 valence electrons. The minimum atomic E-state index is -0.681. The van der Waals surface area contributed by atoms with Gasteiger partial charge in [0.15, 0.2) is 0 Å². The van der Waals surface area contributed by atoms with E-state index in [9.17, 15) is 14.7 Å². The second-order valence-corrected chi connectivity index (χ2v) is 10.4. The lowest BCUT2D eigenvalue weighted by Crippen LogP contribution is -2.53. The summed E-state index contributed by atoms with van der Waals surface area (Å²) in [7, 11) is 0. The van der Waals surface area contributed by atoms with Crippen molar-refractivity contribution in [3.63, 3.8) is 0 Å². The molecule has 1 amide bonds. The number of carboxylic acid groups (broad SMARTS) is 1. The number of nitrogens with zero attached hydrogens (tertiary/aromatic N) is 2. The van der Waals surface area contributed by atoms with Crippen LogP contribution < -0.4 is 5.32 Å². The smallest absolute Gasteiger partial charge is 0.306 e. The lowest BCUT2D eigenvalue weighted by Gasteiger charge is -2.47. The average Bonchev–Trinajstić information content (AvgIpc) is 3.53. The van der Waals surface area contributed by atoms with Crippen molar-refractivity contribution < 1.29 is 14.7 Å². The van der Waals surface area contributed by atoms with E-state index >= 15 is 0 Å². The first kappa shape index (κ1) is 20.8. The molecule has 2 saturated carbocycles. The number of carbonyl (C=O) groups excluding carboxylic acids is 1. The highest BCUT2D eigenvalue weighted by atomic mass is 16.4. The molecule has 0 bridgehead atoms. The van der Waals surface area contributed by atoms with Crippen LogP contribution in [-0.4, -0.2) is 45.5 Å². The molecule has 31 heavy (non-hydrogen) atoms. The monoisotopic (exact) mass is 425 g/mol. The number of pyridine rings is 1. The van der Waals surface area contributed by atoms with Gasteiger partial charge in [0.25, 0.3) is 0 Å². The number of amides is 1. The number of hydrogen-bond donors (Lipinski definition) is 2. The molecule has 1 saturated heterocycles. The molecule has 6 heteroatoms. The molecule has 0 radical (unpaired) electrons. The zero-order chi connectivity index (χ0) is 21.7. The van der Waals surface area contributed by atoms with Crippen LogP contribution in [0.2, 0.25) is 0 Å². The van der Waals surface area contributed by atoms with Gasteiger partial charge in [0.1, 0.15) is 5.82 Å². The minimum Gasteiger partial charge on any atom is -0.481 e. The summed E-state index contributed by atoms with van der Waals surface area (Å²) in [5.41, 5.74) is 2.78. The highest BCUT2D eigenvalue weighted by Gasteiger charge is 2.45. The van der Waals surface area contributed by atoms with E-state index in [0.29, 0.717) is 18.3 Å². The molecule has 6 unspecified atom stereocenters. The first-order chi connectivity index (χ1) is 15.0. The Kier molecular flexibility index (Phi) is 5.43. The van der Waals surface area contributed by atoms with Crippen LogP contribution in [0.4, 0.5) is 5.82 Å². The second kappa shape index (κ2) is 8.10. The van der Waals surface area contributed by atoms with Crippen LogP contribution in [0.25, 0.3) is 0 Å². The van der Waals surface area contributed by atoms with Gasteiger partial charge in [-0.2, -0.15) is 0 Å². The fourth-order valence-electron chi connectivity index (χ4n) is 6.86. The molecule has 2 N–H and O–H groups in total. The number of carboxylic acids is 1. The van der Waals surface area contributed by atoms with Gasteiger partial charge in [0, 0.05) is 42.7 Å². The summed E-state index contributed by atoms with van der Waals surface area (Å²) in [6.45, 7) is 5.20. The highest BCUT2D eigenvalue weighted by Crippen LogP contribution is 2.50. The Morgan fingerprint density at radius 2 is 2.03 bits per heavy atom. The van der Waals surface area contributed by atoms with Crippen molar-refractivity contribution in [1.82, 2.24) is 9.88 Å². The van der Waals surface area contributed by atoms with E-state index in [1.807, 2.05) is 6.20 Å². The van der Waals surface area contributed by atoms with E-state index < -0.39 is 5.97 Å². The number of piperidine rings is 1. The number of likely N-dealkylation sites (tertiary alicyclic amines) is 1. The van der Waals surface area contributed by atoms with Crippen molar-refractivity contribution in [2.45, 2.75) is 89.1 Å². The zero-order valence-electron chi connectivity index (χ0n) is 18.7. The van der Waals surface area contributed by atoms with Crippen LogP contribution in [0.5, 0.6) is 0 Å². The molecule has 1 aromatic heterocycles. The normalized spacial score (nSPS) is 33.2. The number of fused-ring (bicyclic) bond motifs is 2. The molecule has 5 rings (SSSR count). The largest absolute Gasteiger partial charge is 0.481 e. The van der Waals surface area contributed by atoms with Gasteiger partial charge in [-0.1, -0.05) is 13.3 Å². The quantitative estimate of drug-likeness (QED) is 0.732. The Morgan fingerprint density at radius 1 is 1.23 bits per heavy atom. The fraction of sp³-hybridized carbons (Fsp3) is 0.720. The maximum absolute atomic E-state index is 13.5. The van der Waals surface area contributed by atoms with Gasteiger partial charge in [-0.3, -0.25) is 9.59 Å². The molecule has 0 aromatic carbocycles. The lowest BCUT2D eigenvalue weighted by molar-refractivity contribution is -0.152. The van der Waals surface area contributed by atoms with Crippen LogP contribution in [0.3, 0.4) is 0 Å². The number of nitrogens with one attached hydrogen (secondary N) is 1. The Morgan fingerprint density at radius 3 is 2.77 bits per heavy atom. The van der Waals surface area contributed by atoms with Crippen LogP contribution in [0, 0.1) is 17.8 Å². The first-order valence-corrected chi connectivity index (χ1v) is 12.2. The predicted octanol–water partition coefficient (Wildman–Crippen LogP) is 4.37. The van der Waals surface area contributed by atoms with Gasteiger partial charge in [-0.05, 0) is 74.8 Å². The third-order valence-corrected chi connectivity index (χ3v) is 8.39. The van der Waals surface area contributed by atoms with Crippen LogP contribution >= 0.6 is 0 Å². The van der Waals surface area contributed by atoms with Crippen LogP contribution in [-0.2, 0) is 9.59 Å². The average molecular weight is 426 g/mol. The maximum atomic E-state index is 13.5. The molecule has 4 aliphatic rings. The standard InChI is InChI=1S/C25H35N3O3/c1-14(22-15(2)27-24-23(22)17(10-11-26-24)16-8-9-16)13-21(29)28-12-4-6-18-19(25(30)31)5-3-7-20(18)28/h10-11,14-16,18-20,22H,3-9,12-13H2,1-2H3,(H,26,27)(H,30,31). The molecular weight excluding hydrogens is 390 g/mol. The second-order valence-electron chi connectivity index (χ2n) is 10.4. The van der Waals surface area contributed by atoms with Crippen molar-refractivity contribution in [3.05, 3.63) is 23.4 Å². The summed E-state index contributed by atoms with van der Waals surface area (Å²) in [5.74, 6) is 1.55. The van der Waals surface area contributed by atoms with Crippen LogP contribution in [0.15, 0.2) is 12.3 Å². The van der Waals surface area contributed by atoms with Crippen molar-refractivity contribution in [1.29, 1.82) is 0 Å². The van der Waals surface area contributed by atoms with Gasteiger partial charge in [-0.25, -0.2) is 4.98 Å². The maximum Gasteiger partial charge on any atom is 0.306 e. The number of carbonyl (C=O) groups is 2. The Hall–Kier alpha value is -2.11. The van der Waals surface area contributed by atoms with Gasteiger partial charge in [-0.15, -0.1) is 0 Å². The summed E-state index contributed by atoms with van der Waals surface area (Å²) in [6, 6.07) is 2.56. The van der Waals surface area contributed by atoms with E-state index in [1.54, 1.807) is 0 Å². The van der Waals surface area contributed by atoms with Gasteiger partial charge >= 0.3 is 5.97 Å². The summed E-state index contributed by atoms with van der Waals surface area (Å²) < 4.78 is 0. The SMILES string of the molecule is CC(CC(=O)N1CCCC2C(C(=O)O)CCCC21)C1c2c(C3CC3)ccnc2NC1C. The number of hydrogen-bond acceptors (Lipinski definition) is 4. The van der Waals surface area contributed by atoms with E-state index in [0.717, 1.165) is 44.5 Å². The Labute approximate surface area is 184 Å². The third-order valence-electron chi connectivity index (χ3n) is 8.39. The number of anilines is 1. The molecule has 0 spiro atoms. The van der Waals surface area contributed by atoms with E-state index in [1.165, 1.54) is 24.0 Å². The number of aromatic nitrogens is 1. The van der Waals surface area contributed by atoms with Gasteiger partial charge in [0.2, 0.25) is 5.91 Å². The topological polar surface area (TPSA) is 82.5 Å². The van der Waals surface area contributed by atoms with Crippen molar-refractivity contribution in [3.8, 4) is 0 Å². The fourth-order valence-corrected chi connectivity index (χ4v) is 6.86. The molecule has 6 nitrogen and oxygen atoms in total. The van der Waals surface area contributed by atoms with Crippen LogP contribution in [0.1, 0.15) is 88.2 Å². The Bertz CT molecular complexity index is 868. The van der Waals surface area contributed by atoms with E-state index in [4.69, 9.17) is 0 Å². The summed E-state index contributed by atoms with van der Waals surface area (Å²) in [4.78, 5) is 31.9. The molecule has 3 fully saturated rings. The van der Waals surface area contributed by atoms with Crippen molar-refractivity contribution >= 4 is 17.7 Å². The van der Waals surface area contributed by atoms with Gasteiger partial charge < -0.3 is 15.3 Å². The summed E-state index contributed by atoms with van der Waals surface area (Å²) in [5, 5.41) is 13.2. The molecule has 3 heterocycles. The third kappa shape index (κ3) is 3.72. The van der Waals surface area contributed by atoms with Gasteiger partial charge in [0.05, 0.1) is 5.92 Å². The molecule has 2 aliphatic carbocycles. The van der Waals surface area contributed by atoms with Crippen molar-refractivity contribution in [2.75, 3.05) is 11.9 Å². The zero-order valence-corrected chi connectivity index (χ0v) is 18.7. The Balaban J connectivity index is 1.33. The summed E-state index contributed by atoms with van der Waals surface area (Å²) >= 11 is 0. The molecule has 2 aliphatic heterocycles. The van der Waals surface area contributed by atoms with E-state index in [-0.39, 0.29) is 35.7 Å². The lowest BCUT2D eigenvalue weighted by atomic mass is 9.71. The predicted molar refractivity (Wildman–Crippen MR) is 119 cm³/mol. The molecule has 6 atom stereocenters. The molecular formula is C25H35N3O3. The highest BCUT2D eigenvalue weighted by molar-refractivity contribution is 5.78. The molecule has 1 aromatic rings. The van der Waals surface area contributed by atoms with E-state index in [2.05, 4.69) is 35.1 Å². The number of aliphatic carboxylic acids is 1. The number of rotatable bonds is 5. The minimum absolute atomic E-state index is 0.110.